The molecular weight excluding hydrogens is 160 g/mol. The van der Waals surface area contributed by atoms with Crippen LogP contribution in [0.25, 0.3) is 0 Å². The van der Waals surface area contributed by atoms with E-state index in [0.29, 0.717) is 11.8 Å². The second-order valence-corrected chi connectivity index (χ2v) is 5.02. The maximum Gasteiger partial charge on any atom is 0.0708 e. The summed E-state index contributed by atoms with van der Waals surface area (Å²) in [6.07, 6.45) is 10.3. The van der Waals surface area contributed by atoms with Crippen molar-refractivity contribution < 1.29 is 5.11 Å². The van der Waals surface area contributed by atoms with Gasteiger partial charge in [0.2, 0.25) is 0 Å². The average molecular weight is 182 g/mol. The second-order valence-electron chi connectivity index (χ2n) is 5.02. The Morgan fingerprint density at radius 1 is 1.23 bits per heavy atom. The SMILES string of the molecule is CCCC1CC1(O)C1CCCCC1. The van der Waals surface area contributed by atoms with Crippen LogP contribution in [0.15, 0.2) is 0 Å². The van der Waals surface area contributed by atoms with E-state index in [0.717, 1.165) is 6.42 Å². The van der Waals surface area contributed by atoms with E-state index < -0.39 is 0 Å². The summed E-state index contributed by atoms with van der Waals surface area (Å²) < 4.78 is 0. The lowest BCUT2D eigenvalue weighted by molar-refractivity contribution is 0.0439. The van der Waals surface area contributed by atoms with Gasteiger partial charge in [-0.2, -0.15) is 0 Å². The molecule has 0 aromatic rings. The third kappa shape index (κ3) is 1.76. The monoisotopic (exact) mass is 182 g/mol. The van der Waals surface area contributed by atoms with Crippen LogP contribution < -0.4 is 0 Å². The number of aliphatic hydroxyl groups is 1. The zero-order chi connectivity index (χ0) is 9.31. The summed E-state index contributed by atoms with van der Waals surface area (Å²) in [5.41, 5.74) is -0.212. The average Bonchev–Trinajstić information content (AvgIpc) is 2.81. The van der Waals surface area contributed by atoms with E-state index in [2.05, 4.69) is 6.92 Å². The summed E-state index contributed by atoms with van der Waals surface area (Å²) in [5.74, 6) is 1.30. The van der Waals surface area contributed by atoms with Gasteiger partial charge in [0.15, 0.2) is 0 Å². The van der Waals surface area contributed by atoms with Crippen molar-refractivity contribution in [3.8, 4) is 0 Å². The van der Waals surface area contributed by atoms with Crippen LogP contribution in [0.4, 0.5) is 0 Å². The maximum absolute atomic E-state index is 10.3. The second kappa shape index (κ2) is 3.61. The van der Waals surface area contributed by atoms with Crippen molar-refractivity contribution in [2.45, 2.75) is 63.9 Å². The number of rotatable bonds is 3. The lowest BCUT2D eigenvalue weighted by atomic mass is 9.82. The van der Waals surface area contributed by atoms with Crippen LogP contribution >= 0.6 is 0 Å². The Hall–Kier alpha value is -0.0400. The standard InChI is InChI=1S/C12H22O/c1-2-6-11-9-12(11,13)10-7-4-3-5-8-10/h10-11,13H,2-9H2,1H3. The summed E-state index contributed by atoms with van der Waals surface area (Å²) >= 11 is 0. The molecule has 1 N–H and O–H groups in total. The molecule has 0 radical (unpaired) electrons. The zero-order valence-corrected chi connectivity index (χ0v) is 8.76. The Morgan fingerprint density at radius 3 is 2.54 bits per heavy atom. The molecule has 0 spiro atoms. The molecule has 0 aromatic carbocycles. The molecule has 2 saturated carbocycles. The van der Waals surface area contributed by atoms with E-state index in [-0.39, 0.29) is 5.60 Å². The van der Waals surface area contributed by atoms with Gasteiger partial charge in [-0.3, -0.25) is 0 Å². The van der Waals surface area contributed by atoms with Gasteiger partial charge in [-0.1, -0.05) is 32.6 Å². The Labute approximate surface area is 81.5 Å². The van der Waals surface area contributed by atoms with Crippen molar-refractivity contribution in [2.24, 2.45) is 11.8 Å². The molecule has 1 nitrogen and oxygen atoms in total. The minimum atomic E-state index is -0.212. The quantitative estimate of drug-likeness (QED) is 0.711. The normalized spacial score (nSPS) is 40.6. The van der Waals surface area contributed by atoms with E-state index in [1.54, 1.807) is 0 Å². The molecule has 2 unspecified atom stereocenters. The molecule has 1 heteroatoms. The van der Waals surface area contributed by atoms with Crippen LogP contribution in [0.2, 0.25) is 0 Å². The third-order valence-electron chi connectivity index (χ3n) is 4.07. The molecule has 2 atom stereocenters. The van der Waals surface area contributed by atoms with Gasteiger partial charge in [0.25, 0.3) is 0 Å². The van der Waals surface area contributed by atoms with Crippen LogP contribution in [-0.2, 0) is 0 Å². The van der Waals surface area contributed by atoms with Crippen molar-refractivity contribution in [3.63, 3.8) is 0 Å². The van der Waals surface area contributed by atoms with Gasteiger partial charge < -0.3 is 5.11 Å². The highest BCUT2D eigenvalue weighted by Gasteiger charge is 2.56. The van der Waals surface area contributed by atoms with Gasteiger partial charge in [-0.25, -0.2) is 0 Å². The smallest absolute Gasteiger partial charge is 0.0708 e. The summed E-state index contributed by atoms with van der Waals surface area (Å²) in [4.78, 5) is 0. The Balaban J connectivity index is 1.86. The Bertz CT molecular complexity index is 172. The first-order valence-electron chi connectivity index (χ1n) is 5.99. The molecule has 0 saturated heterocycles. The maximum atomic E-state index is 10.3. The van der Waals surface area contributed by atoms with Gasteiger partial charge >= 0.3 is 0 Å². The first-order chi connectivity index (χ1) is 6.27. The molecular formula is C12H22O. The lowest BCUT2D eigenvalue weighted by Crippen LogP contribution is -2.26. The fraction of sp³-hybridized carbons (Fsp3) is 1.00. The topological polar surface area (TPSA) is 20.2 Å². The van der Waals surface area contributed by atoms with Crippen molar-refractivity contribution in [3.05, 3.63) is 0 Å². The summed E-state index contributed by atoms with van der Waals surface area (Å²) in [5, 5.41) is 10.3. The number of hydrogen-bond donors (Lipinski definition) is 1. The Morgan fingerprint density at radius 2 is 1.92 bits per heavy atom. The van der Waals surface area contributed by atoms with Crippen molar-refractivity contribution in [2.75, 3.05) is 0 Å². The van der Waals surface area contributed by atoms with Gasteiger partial charge in [0.1, 0.15) is 0 Å². The molecule has 2 fully saturated rings. The summed E-state index contributed by atoms with van der Waals surface area (Å²) in [7, 11) is 0. The van der Waals surface area contributed by atoms with E-state index in [9.17, 15) is 5.11 Å². The molecule has 13 heavy (non-hydrogen) atoms. The molecule has 76 valence electrons. The van der Waals surface area contributed by atoms with E-state index in [1.807, 2.05) is 0 Å². The molecule has 0 aliphatic heterocycles. The molecule has 0 amide bonds. The van der Waals surface area contributed by atoms with Gasteiger partial charge in [-0.05, 0) is 37.5 Å². The highest BCUT2D eigenvalue weighted by Crippen LogP contribution is 2.55. The first-order valence-corrected chi connectivity index (χ1v) is 5.99. The van der Waals surface area contributed by atoms with Gasteiger partial charge in [0.05, 0.1) is 5.60 Å². The van der Waals surface area contributed by atoms with E-state index >= 15 is 0 Å². The van der Waals surface area contributed by atoms with Crippen LogP contribution in [0.5, 0.6) is 0 Å². The lowest BCUT2D eigenvalue weighted by Gasteiger charge is -2.27. The predicted octanol–water partition coefficient (Wildman–Crippen LogP) is 3.12. The van der Waals surface area contributed by atoms with E-state index in [1.165, 1.54) is 44.9 Å². The van der Waals surface area contributed by atoms with Crippen molar-refractivity contribution >= 4 is 0 Å². The van der Waals surface area contributed by atoms with Gasteiger partial charge in [0, 0.05) is 0 Å². The van der Waals surface area contributed by atoms with E-state index in [4.69, 9.17) is 0 Å². The van der Waals surface area contributed by atoms with Crippen LogP contribution in [0, 0.1) is 11.8 Å². The third-order valence-corrected chi connectivity index (χ3v) is 4.07. The highest BCUT2D eigenvalue weighted by molar-refractivity contribution is 5.07. The van der Waals surface area contributed by atoms with Crippen molar-refractivity contribution in [1.29, 1.82) is 0 Å². The Kier molecular flexibility index (Phi) is 2.64. The molecule has 2 rings (SSSR count). The molecule has 2 aliphatic carbocycles. The predicted molar refractivity (Wildman–Crippen MR) is 54.5 cm³/mol. The van der Waals surface area contributed by atoms with Crippen LogP contribution in [0.3, 0.4) is 0 Å². The fourth-order valence-corrected chi connectivity index (χ4v) is 3.14. The highest BCUT2D eigenvalue weighted by atomic mass is 16.3. The minimum Gasteiger partial charge on any atom is -0.389 e. The minimum absolute atomic E-state index is 0.212. The first kappa shape index (κ1) is 9.51. The van der Waals surface area contributed by atoms with Crippen LogP contribution in [0.1, 0.15) is 58.3 Å². The molecule has 0 heterocycles. The largest absolute Gasteiger partial charge is 0.389 e. The molecule has 2 aliphatic rings. The van der Waals surface area contributed by atoms with Crippen molar-refractivity contribution in [1.82, 2.24) is 0 Å². The summed E-state index contributed by atoms with van der Waals surface area (Å²) in [6, 6.07) is 0. The fourth-order valence-electron chi connectivity index (χ4n) is 3.14. The summed E-state index contributed by atoms with van der Waals surface area (Å²) in [6.45, 7) is 2.22. The molecule has 0 aromatic heterocycles. The number of hydrogen-bond acceptors (Lipinski definition) is 1. The van der Waals surface area contributed by atoms with Crippen LogP contribution in [-0.4, -0.2) is 10.7 Å². The molecule has 0 bridgehead atoms. The van der Waals surface area contributed by atoms with Gasteiger partial charge in [-0.15, -0.1) is 0 Å². The zero-order valence-electron chi connectivity index (χ0n) is 8.76.